The molecule has 2 heterocycles. The third-order valence-electron chi connectivity index (χ3n) is 4.13. The van der Waals surface area contributed by atoms with E-state index in [-0.39, 0.29) is 18.3 Å². The summed E-state index contributed by atoms with van der Waals surface area (Å²) in [5.74, 6) is 0.0905. The lowest BCUT2D eigenvalue weighted by molar-refractivity contribution is -0.116. The number of nitrogens with zero attached hydrogens (tertiary/aromatic N) is 2. The highest BCUT2D eigenvalue weighted by Gasteiger charge is 2.16. The summed E-state index contributed by atoms with van der Waals surface area (Å²) in [7, 11) is 0. The maximum atomic E-state index is 14.2. The van der Waals surface area contributed by atoms with E-state index in [1.54, 1.807) is 24.5 Å². The number of hydrogen-bond acceptors (Lipinski definition) is 3. The van der Waals surface area contributed by atoms with Crippen LogP contribution < -0.4 is 10.6 Å². The molecule has 1 aromatic carbocycles. The van der Waals surface area contributed by atoms with Crippen LogP contribution in [0.3, 0.4) is 0 Å². The minimum atomic E-state index is -0.411. The molecule has 5 nitrogen and oxygen atoms in total. The van der Waals surface area contributed by atoms with E-state index in [0.717, 1.165) is 31.5 Å². The van der Waals surface area contributed by atoms with Crippen molar-refractivity contribution in [1.82, 2.24) is 15.1 Å². The molecule has 0 radical (unpaired) electrons. The molecule has 1 aliphatic heterocycles. The SMILES string of the molecule is Cc1cnn(-c2ccc(NC(=O)CCC3CCNC3)cc2F)c1.Cl. The number of amides is 1. The van der Waals surface area contributed by atoms with Crippen LogP contribution in [0.15, 0.2) is 30.6 Å². The minimum absolute atomic E-state index is 0. The number of rotatable bonds is 5. The predicted molar refractivity (Wildman–Crippen MR) is 94.3 cm³/mol. The molecule has 7 heteroatoms. The fourth-order valence-electron chi connectivity index (χ4n) is 2.83. The number of nitrogens with one attached hydrogen (secondary N) is 2. The first-order valence-electron chi connectivity index (χ1n) is 7.93. The van der Waals surface area contributed by atoms with Crippen LogP contribution in [0, 0.1) is 18.7 Å². The smallest absolute Gasteiger partial charge is 0.224 e. The van der Waals surface area contributed by atoms with Crippen LogP contribution in [0.2, 0.25) is 0 Å². The molecular weight excluding hydrogens is 331 g/mol. The first-order valence-corrected chi connectivity index (χ1v) is 7.93. The Labute approximate surface area is 147 Å². The lowest BCUT2D eigenvalue weighted by atomic mass is 10.0. The monoisotopic (exact) mass is 352 g/mol. The van der Waals surface area contributed by atoms with Gasteiger partial charge >= 0.3 is 0 Å². The van der Waals surface area contributed by atoms with E-state index in [1.807, 2.05) is 6.92 Å². The van der Waals surface area contributed by atoms with Crippen molar-refractivity contribution in [2.75, 3.05) is 18.4 Å². The van der Waals surface area contributed by atoms with Crippen LogP contribution in [-0.2, 0) is 4.79 Å². The number of carbonyl (C=O) groups excluding carboxylic acids is 1. The molecule has 2 N–H and O–H groups in total. The van der Waals surface area contributed by atoms with Crippen LogP contribution in [0.1, 0.15) is 24.8 Å². The summed E-state index contributed by atoms with van der Waals surface area (Å²) in [4.78, 5) is 12.0. The van der Waals surface area contributed by atoms with Crippen LogP contribution in [0.5, 0.6) is 0 Å². The van der Waals surface area contributed by atoms with Gasteiger partial charge in [-0.2, -0.15) is 5.10 Å². The molecule has 0 spiro atoms. The lowest BCUT2D eigenvalue weighted by Gasteiger charge is -2.10. The topological polar surface area (TPSA) is 59.0 Å². The van der Waals surface area contributed by atoms with Gasteiger partial charge in [-0.25, -0.2) is 9.07 Å². The fourth-order valence-corrected chi connectivity index (χ4v) is 2.83. The van der Waals surface area contributed by atoms with Crippen LogP contribution in [-0.4, -0.2) is 28.8 Å². The van der Waals surface area contributed by atoms with E-state index < -0.39 is 5.82 Å². The summed E-state index contributed by atoms with van der Waals surface area (Å²) < 4.78 is 15.7. The van der Waals surface area contributed by atoms with Gasteiger partial charge in [0.05, 0.1) is 6.20 Å². The minimum Gasteiger partial charge on any atom is -0.326 e. The van der Waals surface area contributed by atoms with Gasteiger partial charge in [0.2, 0.25) is 5.91 Å². The average Bonchev–Trinajstić information content (AvgIpc) is 3.17. The number of aromatic nitrogens is 2. The van der Waals surface area contributed by atoms with Crippen molar-refractivity contribution in [2.24, 2.45) is 5.92 Å². The van der Waals surface area contributed by atoms with Gasteiger partial charge in [-0.15, -0.1) is 12.4 Å². The molecule has 1 aromatic heterocycles. The average molecular weight is 353 g/mol. The van der Waals surface area contributed by atoms with Gasteiger partial charge in [0.25, 0.3) is 0 Å². The molecule has 1 fully saturated rings. The number of carbonyl (C=O) groups is 1. The van der Waals surface area contributed by atoms with E-state index in [9.17, 15) is 9.18 Å². The Bertz CT molecular complexity index is 698. The zero-order valence-electron chi connectivity index (χ0n) is 13.6. The molecule has 24 heavy (non-hydrogen) atoms. The number of anilines is 1. The Balaban J connectivity index is 0.00000208. The van der Waals surface area contributed by atoms with Crippen molar-refractivity contribution < 1.29 is 9.18 Å². The second kappa shape index (κ2) is 8.26. The van der Waals surface area contributed by atoms with Gasteiger partial charge in [0.15, 0.2) is 5.82 Å². The third-order valence-corrected chi connectivity index (χ3v) is 4.13. The normalized spacial score (nSPS) is 16.7. The van der Waals surface area contributed by atoms with Gasteiger partial charge in [-0.1, -0.05) is 0 Å². The summed E-state index contributed by atoms with van der Waals surface area (Å²) in [5, 5.41) is 10.1. The quantitative estimate of drug-likeness (QED) is 0.869. The third kappa shape index (κ3) is 4.55. The summed E-state index contributed by atoms with van der Waals surface area (Å²) in [5.41, 5.74) is 1.81. The van der Waals surface area contributed by atoms with E-state index in [1.165, 1.54) is 10.7 Å². The fraction of sp³-hybridized carbons (Fsp3) is 0.412. The molecule has 1 saturated heterocycles. The van der Waals surface area contributed by atoms with Crippen molar-refractivity contribution in [1.29, 1.82) is 0 Å². The van der Waals surface area contributed by atoms with Gasteiger partial charge < -0.3 is 10.6 Å². The Morgan fingerprint density at radius 2 is 2.33 bits per heavy atom. The zero-order valence-corrected chi connectivity index (χ0v) is 14.4. The lowest BCUT2D eigenvalue weighted by Crippen LogP contribution is -2.15. The molecule has 130 valence electrons. The van der Waals surface area contributed by atoms with Gasteiger partial charge in [0, 0.05) is 18.3 Å². The first-order chi connectivity index (χ1) is 11.1. The Morgan fingerprint density at radius 3 is 2.96 bits per heavy atom. The standard InChI is InChI=1S/C17H21FN4O.ClH/c1-12-9-20-22(11-12)16-4-3-14(8-15(16)18)21-17(23)5-2-13-6-7-19-10-13;/h3-4,8-9,11,13,19H,2,5-7,10H2,1H3,(H,21,23);1H. The van der Waals surface area contributed by atoms with Crippen LogP contribution in [0.4, 0.5) is 10.1 Å². The van der Waals surface area contributed by atoms with E-state index in [4.69, 9.17) is 0 Å². The number of benzene rings is 1. The van der Waals surface area contributed by atoms with E-state index >= 15 is 0 Å². The van der Waals surface area contributed by atoms with Gasteiger partial charge in [0.1, 0.15) is 5.69 Å². The van der Waals surface area contributed by atoms with Gasteiger partial charge in [-0.3, -0.25) is 4.79 Å². The summed E-state index contributed by atoms with van der Waals surface area (Å²) >= 11 is 0. The molecule has 0 bridgehead atoms. The van der Waals surface area contributed by atoms with Crippen LogP contribution in [0.25, 0.3) is 5.69 Å². The molecule has 2 aromatic rings. The molecule has 1 atom stereocenters. The highest BCUT2D eigenvalue weighted by atomic mass is 35.5. The Hall–Kier alpha value is -1.92. The van der Waals surface area contributed by atoms with E-state index in [0.29, 0.717) is 23.7 Å². The predicted octanol–water partition coefficient (Wildman–Crippen LogP) is 3.07. The van der Waals surface area contributed by atoms with Crippen LogP contribution >= 0.6 is 12.4 Å². The number of aryl methyl sites for hydroxylation is 1. The van der Waals surface area contributed by atoms with Crippen molar-refractivity contribution in [3.05, 3.63) is 42.0 Å². The maximum Gasteiger partial charge on any atom is 0.224 e. The maximum absolute atomic E-state index is 14.2. The van der Waals surface area contributed by atoms with Crippen molar-refractivity contribution >= 4 is 24.0 Å². The molecule has 1 unspecified atom stereocenters. The number of halogens is 2. The Kier molecular flexibility index (Phi) is 6.34. The molecule has 0 saturated carbocycles. The summed E-state index contributed by atoms with van der Waals surface area (Å²) in [6.45, 7) is 3.92. The van der Waals surface area contributed by atoms with E-state index in [2.05, 4.69) is 15.7 Å². The molecule has 1 amide bonds. The highest BCUT2D eigenvalue weighted by Crippen LogP contribution is 2.19. The zero-order chi connectivity index (χ0) is 16.2. The summed E-state index contributed by atoms with van der Waals surface area (Å²) in [6, 6.07) is 4.66. The largest absolute Gasteiger partial charge is 0.326 e. The molecule has 3 rings (SSSR count). The second-order valence-corrected chi connectivity index (χ2v) is 6.07. The first kappa shape index (κ1) is 18.4. The van der Waals surface area contributed by atoms with Gasteiger partial charge in [-0.05, 0) is 62.5 Å². The highest BCUT2D eigenvalue weighted by molar-refractivity contribution is 5.90. The van der Waals surface area contributed by atoms with Crippen molar-refractivity contribution in [3.8, 4) is 5.69 Å². The molecule has 0 aliphatic carbocycles. The Morgan fingerprint density at radius 1 is 1.50 bits per heavy atom. The summed E-state index contributed by atoms with van der Waals surface area (Å²) in [6.07, 6.45) is 5.89. The van der Waals surface area contributed by atoms with Crippen molar-refractivity contribution in [3.63, 3.8) is 0 Å². The second-order valence-electron chi connectivity index (χ2n) is 6.07. The van der Waals surface area contributed by atoms with Crippen molar-refractivity contribution in [2.45, 2.75) is 26.2 Å². The molecule has 1 aliphatic rings. The number of hydrogen-bond donors (Lipinski definition) is 2. The molecular formula is C17H22ClFN4O.